The third kappa shape index (κ3) is 6.33. The molecule has 41 heavy (non-hydrogen) atoms. The number of benzene rings is 4. The number of fused-ring (bicyclic) bond motifs is 1. The predicted octanol–water partition coefficient (Wildman–Crippen LogP) is 8.66. The van der Waals surface area contributed by atoms with Crippen LogP contribution in [0.25, 0.3) is 22.0 Å². The Balaban J connectivity index is 1.38. The van der Waals surface area contributed by atoms with Crippen LogP contribution < -0.4 is 14.9 Å². The van der Waals surface area contributed by atoms with Crippen molar-refractivity contribution < 1.29 is 19.1 Å². The fraction of sp³-hybridized carbons (Fsp3) is 0.0333. The van der Waals surface area contributed by atoms with Gasteiger partial charge in [-0.15, -0.1) is 0 Å². The van der Waals surface area contributed by atoms with Gasteiger partial charge >= 0.3 is 5.97 Å². The smallest absolute Gasteiger partial charge is 0.343 e. The Hall–Kier alpha value is -3.63. The Morgan fingerprint density at radius 2 is 1.66 bits per heavy atom. The van der Waals surface area contributed by atoms with Gasteiger partial charge in [-0.3, -0.25) is 4.79 Å². The fourth-order valence-corrected chi connectivity index (χ4v) is 5.50. The molecule has 0 saturated heterocycles. The van der Waals surface area contributed by atoms with Crippen LogP contribution >= 0.6 is 55.1 Å². The Morgan fingerprint density at radius 1 is 0.902 bits per heavy atom. The number of nitrogens with one attached hydrogen (secondary N) is 2. The molecule has 1 aromatic heterocycles. The third-order valence-electron chi connectivity index (χ3n) is 6.04. The van der Waals surface area contributed by atoms with Gasteiger partial charge in [0.15, 0.2) is 11.5 Å². The van der Waals surface area contributed by atoms with E-state index < -0.39 is 11.9 Å². The first-order chi connectivity index (χ1) is 19.7. The van der Waals surface area contributed by atoms with Gasteiger partial charge in [0, 0.05) is 30.5 Å². The summed E-state index contributed by atoms with van der Waals surface area (Å²) in [5, 5.41) is 5.77. The number of hydrogen-bond donors (Lipinski definition) is 2. The second kappa shape index (κ2) is 12.5. The van der Waals surface area contributed by atoms with Crippen LogP contribution in [0.15, 0.2) is 92.9 Å². The molecule has 0 saturated carbocycles. The lowest BCUT2D eigenvalue weighted by Crippen LogP contribution is -2.19. The summed E-state index contributed by atoms with van der Waals surface area (Å²) in [6, 6.07) is 22.6. The lowest BCUT2D eigenvalue weighted by Gasteiger charge is -2.10. The summed E-state index contributed by atoms with van der Waals surface area (Å²) in [6.07, 6.45) is 1.45. The minimum Gasteiger partial charge on any atom is -0.493 e. The molecule has 11 heteroatoms. The normalized spacial score (nSPS) is 11.1. The molecular weight excluding hydrogens is 697 g/mol. The number of halogens is 4. The molecule has 1 amide bonds. The number of hydrazone groups is 1. The van der Waals surface area contributed by atoms with Crippen LogP contribution in [-0.2, 0) is 0 Å². The number of nitrogens with zero attached hydrogens (tertiary/aromatic N) is 1. The maximum atomic E-state index is 13.3. The monoisotopic (exact) mass is 713 g/mol. The van der Waals surface area contributed by atoms with E-state index in [1.54, 1.807) is 54.6 Å². The van der Waals surface area contributed by atoms with Crippen molar-refractivity contribution in [1.29, 1.82) is 0 Å². The molecule has 1 heterocycles. The highest BCUT2D eigenvalue weighted by atomic mass is 79.9. The SMILES string of the molecule is COc1cc(C=NNC(=O)c2[nH]c3c(Cl)cc(Br)cc3c2-c2ccccc2Cl)ccc1OC(=O)c1ccc(Br)cc1. The lowest BCUT2D eigenvalue weighted by molar-refractivity contribution is 0.0729. The van der Waals surface area contributed by atoms with Crippen LogP contribution in [0.1, 0.15) is 26.4 Å². The van der Waals surface area contributed by atoms with Crippen molar-refractivity contribution in [1.82, 2.24) is 10.4 Å². The molecule has 2 N–H and O–H groups in total. The molecule has 0 aliphatic heterocycles. The summed E-state index contributed by atoms with van der Waals surface area (Å²) in [5.41, 5.74) is 5.65. The second-order valence-electron chi connectivity index (χ2n) is 8.67. The van der Waals surface area contributed by atoms with Crippen LogP contribution in [0.3, 0.4) is 0 Å². The number of rotatable bonds is 7. The van der Waals surface area contributed by atoms with Gasteiger partial charge in [-0.25, -0.2) is 10.2 Å². The van der Waals surface area contributed by atoms with Gasteiger partial charge in [0.1, 0.15) is 5.69 Å². The van der Waals surface area contributed by atoms with Gasteiger partial charge in [-0.1, -0.05) is 73.3 Å². The van der Waals surface area contributed by atoms with Gasteiger partial charge in [-0.05, 0) is 66.2 Å². The van der Waals surface area contributed by atoms with Gasteiger partial charge in [0.2, 0.25) is 0 Å². The molecule has 206 valence electrons. The van der Waals surface area contributed by atoms with Crippen molar-refractivity contribution in [2.24, 2.45) is 5.10 Å². The van der Waals surface area contributed by atoms with E-state index in [0.717, 1.165) is 14.3 Å². The summed E-state index contributed by atoms with van der Waals surface area (Å²) in [4.78, 5) is 29.0. The van der Waals surface area contributed by atoms with E-state index in [-0.39, 0.29) is 11.4 Å². The number of amides is 1. The average Bonchev–Trinajstić information content (AvgIpc) is 3.34. The highest BCUT2D eigenvalue weighted by Crippen LogP contribution is 2.40. The maximum absolute atomic E-state index is 13.3. The van der Waals surface area contributed by atoms with Crippen LogP contribution in [0.4, 0.5) is 0 Å². The Bertz CT molecular complexity index is 1820. The Morgan fingerprint density at radius 3 is 2.39 bits per heavy atom. The summed E-state index contributed by atoms with van der Waals surface area (Å²) >= 11 is 19.8. The third-order valence-corrected chi connectivity index (χ3v) is 7.66. The molecule has 7 nitrogen and oxygen atoms in total. The molecule has 0 aliphatic rings. The number of H-pyrrole nitrogens is 1. The van der Waals surface area contributed by atoms with Crippen molar-refractivity contribution in [2.45, 2.75) is 0 Å². The highest BCUT2D eigenvalue weighted by Gasteiger charge is 2.22. The molecular formula is C30H19Br2Cl2N3O4. The summed E-state index contributed by atoms with van der Waals surface area (Å²) in [7, 11) is 1.46. The van der Waals surface area contributed by atoms with Crippen molar-refractivity contribution in [3.8, 4) is 22.6 Å². The van der Waals surface area contributed by atoms with Crippen molar-refractivity contribution in [3.05, 3.63) is 115 Å². The zero-order valence-electron chi connectivity index (χ0n) is 21.2. The van der Waals surface area contributed by atoms with E-state index in [4.69, 9.17) is 32.7 Å². The minimum absolute atomic E-state index is 0.243. The van der Waals surface area contributed by atoms with E-state index in [1.165, 1.54) is 13.3 Å². The standard InChI is InChI=1S/C30H19Br2Cl2N3O4/c1-40-25-12-16(6-11-24(25)41-30(39)17-7-9-18(31)10-8-17)15-35-37-29(38)28-26(20-4-2-3-5-22(20)33)21-13-19(32)14-23(34)27(21)36-28/h2-15,36H,1H3,(H,37,38). The predicted molar refractivity (Wildman–Crippen MR) is 169 cm³/mol. The Kier molecular flexibility index (Phi) is 8.79. The summed E-state index contributed by atoms with van der Waals surface area (Å²) < 4.78 is 12.5. The minimum atomic E-state index is -0.524. The van der Waals surface area contributed by atoms with Crippen LogP contribution in [-0.4, -0.2) is 30.2 Å². The number of carbonyl (C=O) groups excluding carboxylic acids is 2. The van der Waals surface area contributed by atoms with Crippen LogP contribution in [0, 0.1) is 0 Å². The van der Waals surface area contributed by atoms with Gasteiger partial charge in [0.05, 0.1) is 29.4 Å². The first-order valence-electron chi connectivity index (χ1n) is 12.0. The second-order valence-corrected chi connectivity index (χ2v) is 11.3. The van der Waals surface area contributed by atoms with Crippen LogP contribution in [0.5, 0.6) is 11.5 Å². The molecule has 0 unspecified atom stereocenters. The maximum Gasteiger partial charge on any atom is 0.343 e. The van der Waals surface area contributed by atoms with Crippen molar-refractivity contribution in [2.75, 3.05) is 7.11 Å². The molecule has 5 rings (SSSR count). The molecule has 4 aromatic carbocycles. The molecule has 0 spiro atoms. The highest BCUT2D eigenvalue weighted by molar-refractivity contribution is 9.10. The lowest BCUT2D eigenvalue weighted by atomic mass is 10.0. The van der Waals surface area contributed by atoms with E-state index >= 15 is 0 Å². The molecule has 5 aromatic rings. The average molecular weight is 716 g/mol. The number of carbonyl (C=O) groups is 2. The van der Waals surface area contributed by atoms with E-state index in [9.17, 15) is 9.59 Å². The quantitative estimate of drug-likeness (QED) is 0.0764. The van der Waals surface area contributed by atoms with Gasteiger partial charge in [-0.2, -0.15) is 5.10 Å². The first-order valence-corrected chi connectivity index (χ1v) is 14.3. The van der Waals surface area contributed by atoms with E-state index in [0.29, 0.717) is 43.6 Å². The number of esters is 1. The van der Waals surface area contributed by atoms with Gasteiger partial charge in [0.25, 0.3) is 5.91 Å². The molecule has 0 fully saturated rings. The first kappa shape index (κ1) is 28.9. The zero-order chi connectivity index (χ0) is 29.1. The van der Waals surface area contributed by atoms with Crippen LogP contribution in [0.2, 0.25) is 10.0 Å². The van der Waals surface area contributed by atoms with Gasteiger partial charge < -0.3 is 14.5 Å². The van der Waals surface area contributed by atoms with Crippen molar-refractivity contribution in [3.63, 3.8) is 0 Å². The zero-order valence-corrected chi connectivity index (χ0v) is 25.9. The Labute approximate surface area is 261 Å². The van der Waals surface area contributed by atoms with E-state index in [2.05, 4.69) is 47.4 Å². The largest absolute Gasteiger partial charge is 0.493 e. The van der Waals surface area contributed by atoms with E-state index in [1.807, 2.05) is 24.3 Å². The topological polar surface area (TPSA) is 92.8 Å². The number of aromatic nitrogens is 1. The molecule has 0 bridgehead atoms. The number of aromatic amines is 1. The number of ether oxygens (including phenoxy) is 2. The summed E-state index contributed by atoms with van der Waals surface area (Å²) in [5.74, 6) is -0.453. The molecule has 0 atom stereocenters. The number of methoxy groups -OCH3 is 1. The molecule has 0 aliphatic carbocycles. The number of hydrogen-bond acceptors (Lipinski definition) is 5. The van der Waals surface area contributed by atoms with Crippen molar-refractivity contribution >= 4 is 84.1 Å². The summed E-state index contributed by atoms with van der Waals surface area (Å²) in [6.45, 7) is 0. The molecule has 0 radical (unpaired) electrons. The fourth-order valence-electron chi connectivity index (χ4n) is 4.15.